The van der Waals surface area contributed by atoms with Gasteiger partial charge in [-0.25, -0.2) is 19.8 Å². The van der Waals surface area contributed by atoms with Crippen LogP contribution in [0.25, 0.3) is 0 Å². The number of methoxy groups -OCH3 is 2. The highest BCUT2D eigenvalue weighted by molar-refractivity contribution is 7.99. The Kier molecular flexibility index (Phi) is 31.6. The number of hydrogen-bond donors (Lipinski definition) is 8. The zero-order chi connectivity index (χ0) is 76.7. The maximum atomic E-state index is 14.2. The lowest BCUT2D eigenvalue weighted by atomic mass is 9.85. The number of carbonyl (C=O) groups is 5. The number of hydrogen-bond acceptors (Lipinski definition) is 22. The van der Waals surface area contributed by atoms with Gasteiger partial charge in [0.1, 0.15) is 6.10 Å². The zero-order valence-electron chi connectivity index (χ0n) is 65.5. The van der Waals surface area contributed by atoms with Gasteiger partial charge in [0.05, 0.1) is 48.3 Å². The number of aliphatic hydroxyl groups is 1. The summed E-state index contributed by atoms with van der Waals surface area (Å²) in [6.45, 7) is 21.9. The van der Waals surface area contributed by atoms with E-state index in [-0.39, 0.29) is 63.9 Å². The van der Waals surface area contributed by atoms with Crippen molar-refractivity contribution in [2.75, 3.05) is 96.2 Å². The highest BCUT2D eigenvalue weighted by Gasteiger charge is 2.51. The number of aliphatic hydroxyl groups excluding tert-OH is 1. The Hall–Kier alpha value is -6.94. The molecule has 2 aromatic rings. The lowest BCUT2D eigenvalue weighted by Gasteiger charge is -2.44. The Morgan fingerprint density at radius 1 is 0.694 bits per heavy atom. The number of allylic oxidation sites excluding steroid dienone is 4. The number of fused-ring (bicyclic) bond motifs is 5. The van der Waals surface area contributed by atoms with Crippen molar-refractivity contribution in [1.82, 2.24) is 46.6 Å². The Balaban J connectivity index is 0.588. The molecular formula is C82H123N13O10S2Si. The number of unbranched alkanes of at least 4 members (excludes halogenated alkanes) is 7. The minimum Gasteiger partial charge on any atom is -0.439 e. The molecule has 0 saturated carbocycles. The molecule has 3 amide bonds. The van der Waals surface area contributed by atoms with Crippen LogP contribution in [0.15, 0.2) is 134 Å². The van der Waals surface area contributed by atoms with Gasteiger partial charge in [-0.1, -0.05) is 158 Å². The van der Waals surface area contributed by atoms with Gasteiger partial charge < -0.3 is 76.1 Å². The standard InChI is InChI=1S/C82H123N13O10S2Si/c1-55-45-67-73(69(96)48-68(75(67)99)92-77(100)56(2)25-24-30-70(102-8)76(105-78(83)101)58(4)47-57(3)74(98)71(46-55)103-9)84-38-23-15-13-11-10-12-14-22-31-72(97)85-49-59-32-39-93-41-34-61(88-79(93)86-59)51-106-53-63-36-43-95-44-37-64(91-81(95)90-63)54-107-52-62-35-42-94-40-33-60(87-80(94)89-62)50-104-108(82(5,6)7,65-26-18-16-19-27-65)66-28-20-17-21-29-66/h16-21,24-30,47-48,55,57,59-64,70-71,74,76,84,98H,10-15,22-23,31-46,49-54H2,1-9H3,(H2,83,101)(H,85,97)(H,86,88)(H,87,89)(H,90,91)(H,92,100)/b30-24-,56-25+,58-47+/t55-,57+,59-,60-,61-,62-,63-,64-,70+,71+,74-,76+/m1/s1. The number of benzene rings is 2. The van der Waals surface area contributed by atoms with Crippen LogP contribution < -0.4 is 48.0 Å². The van der Waals surface area contributed by atoms with Crippen LogP contribution in [0.1, 0.15) is 158 Å². The number of primary amides is 1. The molecule has 3 saturated heterocycles. The van der Waals surface area contributed by atoms with Crippen molar-refractivity contribution in [2.24, 2.45) is 32.5 Å². The summed E-state index contributed by atoms with van der Waals surface area (Å²) >= 11 is 4.04. The Labute approximate surface area is 651 Å². The lowest BCUT2D eigenvalue weighted by molar-refractivity contribution is -0.121. The number of nitrogens with one attached hydrogen (secondary N) is 6. The van der Waals surface area contributed by atoms with Gasteiger partial charge in [-0.15, -0.1) is 0 Å². The molecule has 1 aliphatic carbocycles. The fourth-order valence-electron chi connectivity index (χ4n) is 16.2. The summed E-state index contributed by atoms with van der Waals surface area (Å²) in [6.07, 6.45) is 18.4. The summed E-state index contributed by atoms with van der Waals surface area (Å²) < 4.78 is 24.3. The third-order valence-corrected chi connectivity index (χ3v) is 29.9. The first-order valence-electron chi connectivity index (χ1n) is 39.9. The van der Waals surface area contributed by atoms with Crippen LogP contribution in [-0.2, 0) is 37.8 Å². The van der Waals surface area contributed by atoms with Crippen LogP contribution >= 0.6 is 23.5 Å². The Bertz CT molecular complexity index is 3570. The van der Waals surface area contributed by atoms with Gasteiger partial charge in [-0.3, -0.25) is 19.2 Å². The number of aliphatic imine (C=N–C) groups is 3. The Morgan fingerprint density at radius 3 is 1.78 bits per heavy atom. The smallest absolute Gasteiger partial charge is 0.405 e. The number of Topliss-reactive ketones (excluding diaryl/α,β-unsaturated/α-hetero) is 1. The Morgan fingerprint density at radius 2 is 1.22 bits per heavy atom. The summed E-state index contributed by atoms with van der Waals surface area (Å²) in [5, 5.41) is 34.7. The molecule has 0 spiro atoms. The molecule has 9 N–H and O–H groups in total. The van der Waals surface area contributed by atoms with Gasteiger partial charge >= 0.3 is 6.09 Å². The summed E-state index contributed by atoms with van der Waals surface area (Å²) in [6, 6.07) is 23.5. The van der Waals surface area contributed by atoms with E-state index < -0.39 is 62.2 Å². The summed E-state index contributed by atoms with van der Waals surface area (Å²) in [7, 11) is 0.314. The predicted molar refractivity (Wildman–Crippen MR) is 437 cm³/mol. The number of carbonyl (C=O) groups excluding carboxylic acids is 5. The predicted octanol–water partition coefficient (Wildman–Crippen LogP) is 8.40. The first-order valence-corrected chi connectivity index (χ1v) is 44.1. The van der Waals surface area contributed by atoms with E-state index in [4.69, 9.17) is 39.3 Å². The van der Waals surface area contributed by atoms with Crippen LogP contribution in [0.5, 0.6) is 0 Å². The molecule has 26 heteroatoms. The van der Waals surface area contributed by atoms with Crippen LogP contribution in [0.4, 0.5) is 4.79 Å². The van der Waals surface area contributed by atoms with E-state index in [9.17, 15) is 29.1 Å². The minimum absolute atomic E-state index is 0.0732. The van der Waals surface area contributed by atoms with Gasteiger partial charge in [0.25, 0.3) is 14.2 Å². The van der Waals surface area contributed by atoms with Gasteiger partial charge in [-0.05, 0) is 105 Å². The number of amides is 3. The molecule has 12 atom stereocenters. The van der Waals surface area contributed by atoms with Gasteiger partial charge in [0.2, 0.25) is 17.5 Å². The number of ether oxygens (including phenoxy) is 3. The van der Waals surface area contributed by atoms with Gasteiger partial charge in [0, 0.05) is 137 Å². The molecular weight excluding hydrogens is 1420 g/mol. The minimum atomic E-state index is -2.65. The second-order valence-corrected chi connectivity index (χ2v) is 38.3. The van der Waals surface area contributed by atoms with E-state index in [1.165, 1.54) is 36.7 Å². The molecule has 23 nitrogen and oxygen atoms in total. The summed E-state index contributed by atoms with van der Waals surface area (Å²) in [4.78, 5) is 89.7. The number of thioether (sulfide) groups is 2. The van der Waals surface area contributed by atoms with Crippen molar-refractivity contribution < 1.29 is 47.7 Å². The number of rotatable bonds is 30. The van der Waals surface area contributed by atoms with E-state index in [1.807, 2.05) is 37.4 Å². The molecule has 3 fully saturated rings. The SMILES string of the molecule is CO[C@H]1/C=C\C=C(/C)C(=O)NC2=CC(=O)C(NCCCCCCCCCCC(=O)NC[C@H]3CCN4CC[C@H](CSC[C@H]5CCN6CC[C@H](CSC[C@H]7CCN8CC[C@H](CO[Si](c9ccccc9)(c9ccccc9)C(C)(C)C)N=C8N7)N=C6N5)N=C4N3)=C(C[C@@H](C)C[C@H](OC)[C@H](O)[C@@H](C)/C=C(\C)[C@@H]1OC(N)=O)C2=O. The van der Waals surface area contributed by atoms with Crippen LogP contribution in [0.3, 0.4) is 0 Å². The number of nitrogens with two attached hydrogens (primary N) is 1. The molecule has 0 aromatic heterocycles. The molecule has 2 bridgehead atoms. The fraction of sp³-hybridized carbons (Fsp3) is 0.634. The first-order chi connectivity index (χ1) is 52.1. The van der Waals surface area contributed by atoms with Crippen LogP contribution in [-0.4, -0.2) is 232 Å². The highest BCUT2D eigenvalue weighted by atomic mass is 32.2. The number of ketones is 2. The molecule has 0 unspecified atom stereocenters. The number of nitrogens with zero attached hydrogens (tertiary/aromatic N) is 6. The van der Waals surface area contributed by atoms with Crippen LogP contribution in [0, 0.1) is 11.8 Å². The third-order valence-electron chi connectivity index (χ3n) is 22.4. The van der Waals surface area contributed by atoms with E-state index in [0.717, 1.165) is 170 Å². The largest absolute Gasteiger partial charge is 0.439 e. The normalized spacial score (nSPS) is 28.1. The quantitative estimate of drug-likeness (QED) is 0.0158. The molecule has 108 heavy (non-hydrogen) atoms. The van der Waals surface area contributed by atoms with Crippen molar-refractivity contribution >= 4 is 89.6 Å². The van der Waals surface area contributed by atoms with E-state index >= 15 is 0 Å². The number of guanidine groups is 3. The highest BCUT2D eigenvalue weighted by Crippen LogP contribution is 2.38. The van der Waals surface area contributed by atoms with Crippen molar-refractivity contribution in [3.8, 4) is 0 Å². The van der Waals surface area contributed by atoms with E-state index in [0.29, 0.717) is 56.2 Å². The third kappa shape index (κ3) is 23.1. The maximum Gasteiger partial charge on any atom is 0.405 e. The maximum absolute atomic E-state index is 14.2. The fourth-order valence-corrected chi connectivity index (χ4v) is 23.1. The summed E-state index contributed by atoms with van der Waals surface area (Å²) in [5.41, 5.74) is 6.66. The van der Waals surface area contributed by atoms with Gasteiger partial charge in [-0.2, -0.15) is 23.5 Å². The van der Waals surface area contributed by atoms with Crippen LogP contribution in [0.2, 0.25) is 5.04 Å². The van der Waals surface area contributed by atoms with Gasteiger partial charge in [0.15, 0.2) is 24.0 Å². The molecule has 2 aromatic carbocycles. The van der Waals surface area contributed by atoms with E-state index in [1.54, 1.807) is 32.1 Å². The van der Waals surface area contributed by atoms with Crippen molar-refractivity contribution in [3.63, 3.8) is 0 Å². The molecule has 592 valence electrons. The molecule has 10 rings (SSSR count). The topological polar surface area (TPSA) is 287 Å². The zero-order valence-corrected chi connectivity index (χ0v) is 68.1. The average molecular weight is 1540 g/mol. The first kappa shape index (κ1) is 83.5. The lowest BCUT2D eigenvalue weighted by Crippen LogP contribution is -2.67. The molecule has 7 heterocycles. The second-order valence-electron chi connectivity index (χ2n) is 31.8. The molecule has 0 radical (unpaired) electrons. The molecule has 7 aliphatic heterocycles. The monoisotopic (exact) mass is 1540 g/mol. The van der Waals surface area contributed by atoms with E-state index in [2.05, 4.69) is 128 Å². The van der Waals surface area contributed by atoms with Crippen molar-refractivity contribution in [2.45, 2.75) is 223 Å². The summed E-state index contributed by atoms with van der Waals surface area (Å²) in [5.74, 6) is 5.16. The molecule has 8 aliphatic rings. The average Bonchev–Trinajstić information content (AvgIpc) is 0.748. The van der Waals surface area contributed by atoms with Crippen molar-refractivity contribution in [1.29, 1.82) is 0 Å². The van der Waals surface area contributed by atoms with Crippen molar-refractivity contribution in [3.05, 3.63) is 119 Å². The second kappa shape index (κ2) is 40.8.